The number of amides is 1. The van der Waals surface area contributed by atoms with Crippen molar-refractivity contribution in [2.24, 2.45) is 0 Å². The van der Waals surface area contributed by atoms with E-state index in [1.165, 1.54) is 11.1 Å². The largest absolute Gasteiger partial charge is 0.336 e. The zero-order valence-electron chi connectivity index (χ0n) is 15.3. The Kier molecular flexibility index (Phi) is 4.75. The summed E-state index contributed by atoms with van der Waals surface area (Å²) in [5.74, 6) is -0.0659. The molecule has 0 bridgehead atoms. The summed E-state index contributed by atoms with van der Waals surface area (Å²) in [6, 6.07) is 18.3. The van der Waals surface area contributed by atoms with Crippen LogP contribution in [0.1, 0.15) is 38.4 Å². The maximum atomic E-state index is 12.9. The topological polar surface area (TPSA) is 34.0 Å². The molecule has 3 rings (SSSR count). The number of anilines is 1. The predicted molar refractivity (Wildman–Crippen MR) is 103 cm³/mol. The fraction of sp³-hybridized carbons (Fsp3) is 0.227. The Morgan fingerprint density at radius 1 is 0.920 bits per heavy atom. The first-order valence-corrected chi connectivity index (χ1v) is 8.54. The van der Waals surface area contributed by atoms with Crippen LogP contribution >= 0.6 is 0 Å². The molecule has 3 aromatic rings. The summed E-state index contributed by atoms with van der Waals surface area (Å²) in [6.07, 6.45) is 0. The van der Waals surface area contributed by atoms with Gasteiger partial charge in [-0.2, -0.15) is 0 Å². The number of hydrogen-bond donors (Lipinski definition) is 1. The van der Waals surface area contributed by atoms with Gasteiger partial charge in [0.2, 0.25) is 0 Å². The Hall–Kier alpha value is -2.81. The second-order valence-electron chi connectivity index (χ2n) is 6.72. The van der Waals surface area contributed by atoms with Crippen LogP contribution in [0.15, 0.2) is 54.6 Å². The molecule has 1 N–H and O–H groups in total. The lowest BCUT2D eigenvalue weighted by Gasteiger charge is -2.13. The van der Waals surface area contributed by atoms with Crippen LogP contribution in [0.3, 0.4) is 0 Å². The van der Waals surface area contributed by atoms with E-state index in [0.29, 0.717) is 6.54 Å². The van der Waals surface area contributed by atoms with Gasteiger partial charge in [0.15, 0.2) is 0 Å². The van der Waals surface area contributed by atoms with Crippen LogP contribution in [0.2, 0.25) is 0 Å². The summed E-state index contributed by atoms with van der Waals surface area (Å²) in [7, 11) is 0. The normalized spacial score (nSPS) is 10.7. The fourth-order valence-corrected chi connectivity index (χ4v) is 3.26. The number of carbonyl (C=O) groups excluding carboxylic acids is 1. The average molecular weight is 332 g/mol. The Labute approximate surface area is 149 Å². The Bertz CT molecular complexity index is 922. The quantitative estimate of drug-likeness (QED) is 0.715. The second-order valence-corrected chi connectivity index (χ2v) is 6.72. The van der Waals surface area contributed by atoms with Gasteiger partial charge in [0.05, 0.1) is 0 Å². The van der Waals surface area contributed by atoms with E-state index in [1.54, 1.807) is 0 Å². The van der Waals surface area contributed by atoms with Crippen LogP contribution in [0.5, 0.6) is 0 Å². The lowest BCUT2D eigenvalue weighted by molar-refractivity contribution is 0.101. The van der Waals surface area contributed by atoms with Crippen molar-refractivity contribution in [3.63, 3.8) is 0 Å². The van der Waals surface area contributed by atoms with Crippen LogP contribution in [0, 0.1) is 27.7 Å². The number of carbonyl (C=O) groups is 1. The highest BCUT2D eigenvalue weighted by Gasteiger charge is 2.18. The van der Waals surface area contributed by atoms with Gasteiger partial charge in [-0.25, -0.2) is 0 Å². The highest BCUT2D eigenvalue weighted by molar-refractivity contribution is 6.04. The van der Waals surface area contributed by atoms with Gasteiger partial charge in [-0.1, -0.05) is 42.0 Å². The van der Waals surface area contributed by atoms with E-state index in [9.17, 15) is 4.79 Å². The third-order valence-corrected chi connectivity index (χ3v) is 4.41. The highest BCUT2D eigenvalue weighted by Crippen LogP contribution is 2.20. The van der Waals surface area contributed by atoms with Crippen molar-refractivity contribution in [3.05, 3.63) is 88.2 Å². The number of aryl methyl sites for hydroxylation is 4. The van der Waals surface area contributed by atoms with Crippen molar-refractivity contribution >= 4 is 11.6 Å². The molecule has 1 amide bonds. The minimum atomic E-state index is -0.0659. The molecule has 0 atom stereocenters. The predicted octanol–water partition coefficient (Wildman–Crippen LogP) is 5.02. The highest BCUT2D eigenvalue weighted by atomic mass is 16.2. The minimum absolute atomic E-state index is 0.0659. The number of hydrogen-bond acceptors (Lipinski definition) is 1. The Morgan fingerprint density at radius 3 is 2.28 bits per heavy atom. The van der Waals surface area contributed by atoms with E-state index in [-0.39, 0.29) is 5.91 Å². The van der Waals surface area contributed by atoms with Gasteiger partial charge < -0.3 is 9.88 Å². The number of aromatic nitrogens is 1. The third-order valence-electron chi connectivity index (χ3n) is 4.41. The van der Waals surface area contributed by atoms with Crippen molar-refractivity contribution in [1.29, 1.82) is 0 Å². The molecule has 0 unspecified atom stereocenters. The lowest BCUT2D eigenvalue weighted by Crippen LogP contribution is -2.19. The summed E-state index contributed by atoms with van der Waals surface area (Å²) in [4.78, 5) is 12.9. The second kappa shape index (κ2) is 6.98. The molecule has 0 aliphatic carbocycles. The summed E-state index contributed by atoms with van der Waals surface area (Å²) >= 11 is 0. The summed E-state index contributed by atoms with van der Waals surface area (Å²) in [6.45, 7) is 8.84. The van der Waals surface area contributed by atoms with E-state index < -0.39 is 0 Å². The van der Waals surface area contributed by atoms with Crippen molar-refractivity contribution in [3.8, 4) is 0 Å². The van der Waals surface area contributed by atoms with Crippen LogP contribution in [-0.2, 0) is 6.54 Å². The lowest BCUT2D eigenvalue weighted by atomic mass is 10.1. The van der Waals surface area contributed by atoms with Crippen LogP contribution < -0.4 is 5.32 Å². The van der Waals surface area contributed by atoms with E-state index >= 15 is 0 Å². The van der Waals surface area contributed by atoms with Gasteiger partial charge in [-0.3, -0.25) is 4.79 Å². The molecule has 3 heteroatoms. The van der Waals surface area contributed by atoms with E-state index in [1.807, 2.05) is 45.0 Å². The molecule has 0 fully saturated rings. The van der Waals surface area contributed by atoms with Gasteiger partial charge in [0, 0.05) is 17.9 Å². The molecule has 0 radical (unpaired) electrons. The minimum Gasteiger partial charge on any atom is -0.336 e. The smallest absolute Gasteiger partial charge is 0.272 e. The standard InChI is InChI=1S/C22H24N2O/c1-15-7-5-9-19(11-15)14-24-18(4)13-17(3)21(24)22(25)23-20-10-6-8-16(2)12-20/h5-13H,14H2,1-4H3,(H,23,25). The molecule has 1 heterocycles. The maximum absolute atomic E-state index is 12.9. The number of nitrogens with zero attached hydrogens (tertiary/aromatic N) is 1. The van der Waals surface area contributed by atoms with Crippen LogP contribution in [-0.4, -0.2) is 10.5 Å². The maximum Gasteiger partial charge on any atom is 0.272 e. The summed E-state index contributed by atoms with van der Waals surface area (Å²) < 4.78 is 2.09. The van der Waals surface area contributed by atoms with Gasteiger partial charge in [0.1, 0.15) is 5.69 Å². The monoisotopic (exact) mass is 332 g/mol. The Balaban J connectivity index is 1.92. The van der Waals surface area contributed by atoms with Crippen molar-refractivity contribution in [2.75, 3.05) is 5.32 Å². The first-order valence-electron chi connectivity index (χ1n) is 8.54. The number of rotatable bonds is 4. The molecule has 0 aliphatic heterocycles. The zero-order valence-corrected chi connectivity index (χ0v) is 15.3. The molecule has 2 aromatic carbocycles. The van der Waals surface area contributed by atoms with Gasteiger partial charge >= 0.3 is 0 Å². The van der Waals surface area contributed by atoms with Crippen molar-refractivity contribution in [2.45, 2.75) is 34.2 Å². The van der Waals surface area contributed by atoms with Crippen molar-refractivity contribution < 1.29 is 4.79 Å². The van der Waals surface area contributed by atoms with Crippen LogP contribution in [0.4, 0.5) is 5.69 Å². The van der Waals surface area contributed by atoms with Crippen molar-refractivity contribution in [1.82, 2.24) is 4.57 Å². The molecule has 0 saturated heterocycles. The molecule has 128 valence electrons. The molecule has 0 saturated carbocycles. The van der Waals surface area contributed by atoms with Gasteiger partial charge in [-0.05, 0) is 62.6 Å². The SMILES string of the molecule is Cc1cccc(Cn2c(C)cc(C)c2C(=O)Nc2cccc(C)c2)c1. The first kappa shape index (κ1) is 17.0. The fourth-order valence-electron chi connectivity index (χ4n) is 3.26. The number of nitrogens with one attached hydrogen (secondary N) is 1. The molecule has 1 aromatic heterocycles. The molecule has 25 heavy (non-hydrogen) atoms. The average Bonchev–Trinajstić information content (AvgIpc) is 2.81. The number of benzene rings is 2. The molecular formula is C22H24N2O. The van der Waals surface area contributed by atoms with E-state index in [4.69, 9.17) is 0 Å². The molecule has 3 nitrogen and oxygen atoms in total. The van der Waals surface area contributed by atoms with Crippen LogP contribution in [0.25, 0.3) is 0 Å². The Morgan fingerprint density at radius 2 is 1.60 bits per heavy atom. The zero-order chi connectivity index (χ0) is 18.0. The van der Waals surface area contributed by atoms with E-state index in [0.717, 1.165) is 28.2 Å². The summed E-state index contributed by atoms with van der Waals surface area (Å²) in [5, 5.41) is 3.03. The third kappa shape index (κ3) is 3.82. The molecule has 0 aliphatic rings. The summed E-state index contributed by atoms with van der Waals surface area (Å²) in [5.41, 5.74) is 7.18. The molecule has 0 spiro atoms. The van der Waals surface area contributed by atoms with Gasteiger partial charge in [0.25, 0.3) is 5.91 Å². The molecular weight excluding hydrogens is 308 g/mol. The van der Waals surface area contributed by atoms with E-state index in [2.05, 4.69) is 47.1 Å². The van der Waals surface area contributed by atoms with Gasteiger partial charge in [-0.15, -0.1) is 0 Å². The first-order chi connectivity index (χ1) is 11.9.